The van der Waals surface area contributed by atoms with Crippen molar-refractivity contribution >= 4 is 34.7 Å². The summed E-state index contributed by atoms with van der Waals surface area (Å²) in [6.07, 6.45) is 0. The number of hydrogen-bond donors (Lipinski definition) is 1. The van der Waals surface area contributed by atoms with Gasteiger partial charge in [0.25, 0.3) is 0 Å². The van der Waals surface area contributed by atoms with E-state index >= 15 is 0 Å². The first-order valence-electron chi connectivity index (χ1n) is 4.68. The zero-order valence-corrected chi connectivity index (χ0v) is 10.7. The van der Waals surface area contributed by atoms with Gasteiger partial charge < -0.3 is 5.11 Å². The number of nitrogens with zero attached hydrogens (tertiary/aromatic N) is 2. The van der Waals surface area contributed by atoms with E-state index in [4.69, 9.17) is 23.2 Å². The van der Waals surface area contributed by atoms with Crippen molar-refractivity contribution in [3.8, 4) is 0 Å². The van der Waals surface area contributed by atoms with Crippen molar-refractivity contribution in [2.45, 2.75) is 13.8 Å². The molecule has 0 unspecified atom stereocenters. The first kappa shape index (κ1) is 13.7. The maximum Gasteiger partial charge on any atom is 0.183 e. The van der Waals surface area contributed by atoms with Crippen LogP contribution in [0.2, 0.25) is 10.0 Å². The Morgan fingerprint density at radius 1 is 1.18 bits per heavy atom. The summed E-state index contributed by atoms with van der Waals surface area (Å²) in [6, 6.07) is 4.64. The summed E-state index contributed by atoms with van der Waals surface area (Å²) in [5, 5.41) is 17.5. The van der Waals surface area contributed by atoms with Crippen LogP contribution in [0.25, 0.3) is 0 Å². The molecule has 1 aromatic rings. The Labute approximate surface area is 109 Å². The smallest absolute Gasteiger partial charge is 0.183 e. The van der Waals surface area contributed by atoms with E-state index in [2.05, 4.69) is 10.2 Å². The lowest BCUT2D eigenvalue weighted by Crippen LogP contribution is -1.96. The fourth-order valence-electron chi connectivity index (χ4n) is 1.10. The standard InChI is InChI=1S/C11H10Cl2N2O2/c1-6(16)11(7(2)17)15-14-10-4-8(12)3-9(13)5-10/h3-5,16H,1-2H3/b11-6-,15-14?. The average molecular weight is 273 g/mol. The van der Waals surface area contributed by atoms with Crippen molar-refractivity contribution in [2.24, 2.45) is 10.2 Å². The predicted octanol–water partition coefficient (Wildman–Crippen LogP) is 4.46. The fourth-order valence-corrected chi connectivity index (χ4v) is 1.62. The lowest BCUT2D eigenvalue weighted by Gasteiger charge is -1.98. The molecule has 0 saturated carbocycles. The minimum atomic E-state index is -0.373. The van der Waals surface area contributed by atoms with E-state index in [1.54, 1.807) is 18.2 Å². The van der Waals surface area contributed by atoms with Crippen molar-refractivity contribution in [3.63, 3.8) is 0 Å². The lowest BCUT2D eigenvalue weighted by atomic mass is 10.3. The van der Waals surface area contributed by atoms with Crippen molar-refractivity contribution in [1.29, 1.82) is 0 Å². The molecule has 0 amide bonds. The molecule has 0 aliphatic carbocycles. The number of aliphatic hydroxyl groups is 1. The number of benzene rings is 1. The largest absolute Gasteiger partial charge is 0.510 e. The van der Waals surface area contributed by atoms with E-state index in [1.165, 1.54) is 13.8 Å². The molecule has 0 heterocycles. The van der Waals surface area contributed by atoms with Gasteiger partial charge in [-0.25, -0.2) is 0 Å². The Bertz CT molecular complexity index is 486. The number of azo groups is 1. The number of hydrogen-bond acceptors (Lipinski definition) is 4. The van der Waals surface area contributed by atoms with Gasteiger partial charge in [0, 0.05) is 17.0 Å². The SMILES string of the molecule is CC(=O)/C(N=Nc1cc(Cl)cc(Cl)c1)=C(\C)O. The zero-order valence-electron chi connectivity index (χ0n) is 9.24. The summed E-state index contributed by atoms with van der Waals surface area (Å²) < 4.78 is 0. The topological polar surface area (TPSA) is 62.0 Å². The minimum absolute atomic E-state index is 0.0962. The Morgan fingerprint density at radius 2 is 1.71 bits per heavy atom. The van der Waals surface area contributed by atoms with E-state index in [0.717, 1.165) is 0 Å². The predicted molar refractivity (Wildman–Crippen MR) is 67.0 cm³/mol. The monoisotopic (exact) mass is 272 g/mol. The van der Waals surface area contributed by atoms with Crippen LogP contribution in [0.5, 0.6) is 0 Å². The maximum atomic E-state index is 11.1. The molecule has 0 aromatic heterocycles. The number of rotatable bonds is 3. The average Bonchev–Trinajstić information content (AvgIpc) is 2.14. The van der Waals surface area contributed by atoms with Crippen LogP contribution in [0.3, 0.4) is 0 Å². The highest BCUT2D eigenvalue weighted by Crippen LogP contribution is 2.25. The van der Waals surface area contributed by atoms with Crippen LogP contribution in [-0.2, 0) is 4.79 Å². The van der Waals surface area contributed by atoms with Crippen molar-refractivity contribution in [1.82, 2.24) is 0 Å². The van der Waals surface area contributed by atoms with E-state index in [0.29, 0.717) is 15.7 Å². The molecule has 1 N–H and O–H groups in total. The number of ketones is 1. The Kier molecular flexibility index (Phi) is 4.66. The van der Waals surface area contributed by atoms with Gasteiger partial charge in [-0.1, -0.05) is 23.2 Å². The second-order valence-corrected chi connectivity index (χ2v) is 4.19. The number of aliphatic hydroxyl groups excluding tert-OH is 1. The second-order valence-electron chi connectivity index (χ2n) is 3.32. The summed E-state index contributed by atoms with van der Waals surface area (Å²) in [7, 11) is 0. The molecule has 0 radical (unpaired) electrons. The van der Waals surface area contributed by atoms with E-state index < -0.39 is 0 Å². The van der Waals surface area contributed by atoms with Gasteiger partial charge in [-0.2, -0.15) is 5.11 Å². The molecule has 1 rings (SSSR count). The Morgan fingerprint density at radius 3 is 2.12 bits per heavy atom. The van der Waals surface area contributed by atoms with Crippen molar-refractivity contribution < 1.29 is 9.90 Å². The number of Topliss-reactive ketones (excluding diaryl/α,β-unsaturated/α-hetero) is 1. The summed E-state index contributed by atoms with van der Waals surface area (Å²) in [5.41, 5.74) is 0.309. The molecule has 0 spiro atoms. The van der Waals surface area contributed by atoms with Crippen molar-refractivity contribution in [2.75, 3.05) is 0 Å². The highest BCUT2D eigenvalue weighted by molar-refractivity contribution is 6.35. The third kappa shape index (κ3) is 4.17. The number of carbonyl (C=O) groups is 1. The lowest BCUT2D eigenvalue weighted by molar-refractivity contribution is -0.113. The number of carbonyl (C=O) groups excluding carboxylic acids is 1. The molecule has 0 bridgehead atoms. The number of halogens is 2. The molecule has 0 atom stereocenters. The van der Waals surface area contributed by atoms with E-state index in [1.807, 2.05) is 0 Å². The summed E-state index contributed by atoms with van der Waals surface area (Å²) in [5.74, 6) is -0.559. The molecule has 6 heteroatoms. The molecule has 4 nitrogen and oxygen atoms in total. The summed E-state index contributed by atoms with van der Waals surface area (Å²) >= 11 is 11.6. The third-order valence-electron chi connectivity index (χ3n) is 1.79. The molecule has 17 heavy (non-hydrogen) atoms. The van der Waals surface area contributed by atoms with Gasteiger partial charge in [0.2, 0.25) is 0 Å². The third-order valence-corrected chi connectivity index (χ3v) is 2.23. The highest BCUT2D eigenvalue weighted by atomic mass is 35.5. The number of allylic oxidation sites excluding steroid dienone is 2. The first-order chi connectivity index (χ1) is 7.90. The molecule has 0 saturated heterocycles. The molecule has 0 fully saturated rings. The van der Waals surface area contributed by atoms with Crippen LogP contribution in [0.4, 0.5) is 5.69 Å². The van der Waals surface area contributed by atoms with Gasteiger partial charge in [-0.15, -0.1) is 5.11 Å². The summed E-state index contributed by atoms with van der Waals surface area (Å²) in [6.45, 7) is 2.65. The zero-order chi connectivity index (χ0) is 13.0. The van der Waals surface area contributed by atoms with Crippen LogP contribution in [0.15, 0.2) is 39.9 Å². The van der Waals surface area contributed by atoms with Crippen LogP contribution < -0.4 is 0 Å². The Balaban J connectivity index is 3.05. The molecule has 0 aliphatic heterocycles. The fraction of sp³-hybridized carbons (Fsp3) is 0.182. The normalized spacial score (nSPS) is 12.7. The maximum absolute atomic E-state index is 11.1. The minimum Gasteiger partial charge on any atom is -0.510 e. The summed E-state index contributed by atoms with van der Waals surface area (Å²) in [4.78, 5) is 11.1. The van der Waals surface area contributed by atoms with Crippen LogP contribution in [0, 0.1) is 0 Å². The van der Waals surface area contributed by atoms with Gasteiger partial charge in [-0.3, -0.25) is 4.79 Å². The van der Waals surface area contributed by atoms with E-state index in [-0.39, 0.29) is 17.2 Å². The molecule has 90 valence electrons. The Hall–Kier alpha value is -1.39. The van der Waals surface area contributed by atoms with Gasteiger partial charge in [0.15, 0.2) is 11.5 Å². The first-order valence-corrected chi connectivity index (χ1v) is 5.44. The van der Waals surface area contributed by atoms with Gasteiger partial charge in [-0.05, 0) is 25.1 Å². The second kappa shape index (κ2) is 5.80. The van der Waals surface area contributed by atoms with Crippen LogP contribution >= 0.6 is 23.2 Å². The van der Waals surface area contributed by atoms with E-state index in [9.17, 15) is 9.90 Å². The quantitative estimate of drug-likeness (QED) is 0.502. The molecule has 0 aliphatic rings. The molecule has 1 aromatic carbocycles. The van der Waals surface area contributed by atoms with Gasteiger partial charge in [0.05, 0.1) is 5.69 Å². The molecular formula is C11H10Cl2N2O2. The highest BCUT2D eigenvalue weighted by Gasteiger charge is 2.06. The van der Waals surface area contributed by atoms with Crippen LogP contribution in [0.1, 0.15) is 13.8 Å². The van der Waals surface area contributed by atoms with Gasteiger partial charge in [0.1, 0.15) is 5.76 Å². The van der Waals surface area contributed by atoms with Gasteiger partial charge >= 0.3 is 0 Å². The van der Waals surface area contributed by atoms with Crippen LogP contribution in [-0.4, -0.2) is 10.9 Å². The van der Waals surface area contributed by atoms with Crippen molar-refractivity contribution in [3.05, 3.63) is 39.7 Å². The molecular weight excluding hydrogens is 263 g/mol.